The average molecular weight is 419 g/mol. The van der Waals surface area contributed by atoms with Crippen molar-refractivity contribution in [3.05, 3.63) is 62.7 Å². The number of carbonyl (C=O) groups excluding carboxylic acids is 1. The molecule has 3 aromatic rings. The molecule has 1 aromatic heterocycles. The quantitative estimate of drug-likeness (QED) is 0.369. The molecule has 2 aromatic carbocycles. The molecule has 0 saturated carbocycles. The van der Waals surface area contributed by atoms with Crippen molar-refractivity contribution in [2.75, 3.05) is 11.1 Å². The van der Waals surface area contributed by atoms with Gasteiger partial charge in [-0.3, -0.25) is 14.9 Å². The number of aryl methyl sites for hydroxylation is 2. The number of benzene rings is 2. The van der Waals surface area contributed by atoms with Crippen LogP contribution in [0.4, 0.5) is 11.4 Å². The molecule has 0 aliphatic rings. The molecule has 144 valence electrons. The van der Waals surface area contributed by atoms with Crippen LogP contribution in [0.25, 0.3) is 5.69 Å². The monoisotopic (exact) mass is 418 g/mol. The minimum Gasteiger partial charge on any atom is -0.324 e. The number of nitrogens with one attached hydrogen (secondary N) is 1. The third-order valence-electron chi connectivity index (χ3n) is 3.79. The lowest BCUT2D eigenvalue weighted by Gasteiger charge is -2.09. The van der Waals surface area contributed by atoms with Crippen LogP contribution in [-0.2, 0) is 4.79 Å². The number of halogens is 1. The van der Waals surface area contributed by atoms with Crippen LogP contribution in [0.1, 0.15) is 11.1 Å². The highest BCUT2D eigenvalue weighted by molar-refractivity contribution is 7.99. The Morgan fingerprint density at radius 3 is 2.75 bits per heavy atom. The Labute approximate surface area is 169 Å². The number of anilines is 1. The van der Waals surface area contributed by atoms with Gasteiger partial charge in [-0.15, -0.1) is 5.10 Å². The van der Waals surface area contributed by atoms with Crippen LogP contribution in [0.2, 0.25) is 5.02 Å². The zero-order valence-electron chi connectivity index (χ0n) is 14.9. The predicted molar refractivity (Wildman–Crippen MR) is 106 cm³/mol. The Kier molecular flexibility index (Phi) is 5.90. The number of nitrogens with zero attached hydrogens (tertiary/aromatic N) is 5. The van der Waals surface area contributed by atoms with Gasteiger partial charge in [-0.1, -0.05) is 41.1 Å². The molecule has 1 N–H and O–H groups in total. The molecular formula is C17H15ClN6O3S. The highest BCUT2D eigenvalue weighted by Gasteiger charge is 2.15. The summed E-state index contributed by atoms with van der Waals surface area (Å²) in [5.74, 6) is -0.297. The maximum Gasteiger partial charge on any atom is 0.271 e. The van der Waals surface area contributed by atoms with Crippen LogP contribution < -0.4 is 5.32 Å². The van der Waals surface area contributed by atoms with Gasteiger partial charge in [-0.05, 0) is 42.0 Å². The zero-order chi connectivity index (χ0) is 20.3. The van der Waals surface area contributed by atoms with E-state index in [1.54, 1.807) is 4.68 Å². The first-order valence-electron chi connectivity index (χ1n) is 8.08. The van der Waals surface area contributed by atoms with Crippen molar-refractivity contribution < 1.29 is 9.72 Å². The van der Waals surface area contributed by atoms with Crippen molar-refractivity contribution in [2.45, 2.75) is 19.0 Å². The van der Waals surface area contributed by atoms with Crippen LogP contribution >= 0.6 is 23.4 Å². The van der Waals surface area contributed by atoms with Gasteiger partial charge in [0, 0.05) is 12.1 Å². The van der Waals surface area contributed by atoms with Crippen molar-refractivity contribution in [1.82, 2.24) is 20.2 Å². The largest absolute Gasteiger partial charge is 0.324 e. The molecule has 0 radical (unpaired) electrons. The van der Waals surface area contributed by atoms with Gasteiger partial charge in [-0.25, -0.2) is 0 Å². The van der Waals surface area contributed by atoms with Crippen molar-refractivity contribution in [3.63, 3.8) is 0 Å². The lowest BCUT2D eigenvalue weighted by atomic mass is 10.1. The van der Waals surface area contributed by atoms with Crippen LogP contribution in [0, 0.1) is 24.0 Å². The number of hydrogen-bond acceptors (Lipinski definition) is 7. The van der Waals surface area contributed by atoms with Gasteiger partial charge in [0.2, 0.25) is 11.1 Å². The predicted octanol–water partition coefficient (Wildman–Crippen LogP) is 3.57. The van der Waals surface area contributed by atoms with Crippen LogP contribution in [-0.4, -0.2) is 36.8 Å². The van der Waals surface area contributed by atoms with Gasteiger partial charge in [0.25, 0.3) is 5.69 Å². The van der Waals surface area contributed by atoms with E-state index in [9.17, 15) is 14.9 Å². The van der Waals surface area contributed by atoms with E-state index in [4.69, 9.17) is 11.6 Å². The Morgan fingerprint density at radius 1 is 1.29 bits per heavy atom. The number of nitro groups is 1. The second kappa shape index (κ2) is 8.36. The van der Waals surface area contributed by atoms with Crippen molar-refractivity contribution >= 4 is 40.6 Å². The first kappa shape index (κ1) is 19.8. The number of nitro benzene ring substituents is 1. The van der Waals surface area contributed by atoms with E-state index in [-0.39, 0.29) is 22.4 Å². The number of rotatable bonds is 6. The maximum absolute atomic E-state index is 12.2. The second-order valence-electron chi connectivity index (χ2n) is 5.92. The molecule has 0 fully saturated rings. The summed E-state index contributed by atoms with van der Waals surface area (Å²) >= 11 is 7.16. The Morgan fingerprint density at radius 2 is 2.07 bits per heavy atom. The van der Waals surface area contributed by atoms with E-state index in [2.05, 4.69) is 20.8 Å². The van der Waals surface area contributed by atoms with E-state index in [0.717, 1.165) is 16.8 Å². The molecule has 0 bridgehead atoms. The van der Waals surface area contributed by atoms with Crippen molar-refractivity contribution in [2.24, 2.45) is 0 Å². The molecule has 1 heterocycles. The number of thioether (sulfide) groups is 1. The molecule has 0 atom stereocenters. The molecular weight excluding hydrogens is 404 g/mol. The van der Waals surface area contributed by atoms with Gasteiger partial charge in [0.1, 0.15) is 0 Å². The van der Waals surface area contributed by atoms with E-state index in [1.165, 1.54) is 30.0 Å². The highest BCUT2D eigenvalue weighted by Crippen LogP contribution is 2.27. The number of tetrazole rings is 1. The average Bonchev–Trinajstić information content (AvgIpc) is 3.10. The molecule has 0 saturated heterocycles. The molecule has 0 unspecified atom stereocenters. The fraction of sp³-hybridized carbons (Fsp3) is 0.176. The second-order valence-corrected chi connectivity index (χ2v) is 7.27. The molecule has 0 aliphatic carbocycles. The minimum atomic E-state index is -0.555. The van der Waals surface area contributed by atoms with Gasteiger partial charge in [0.15, 0.2) is 0 Å². The SMILES string of the molecule is Cc1ccc(-n2nnnc2SCC(=O)Nc2ccc([N+](=O)[O-])cc2Cl)c(C)c1. The van der Waals surface area contributed by atoms with Gasteiger partial charge < -0.3 is 5.32 Å². The van der Waals surface area contributed by atoms with E-state index >= 15 is 0 Å². The van der Waals surface area contributed by atoms with E-state index in [1.807, 2.05) is 32.0 Å². The number of hydrogen-bond donors (Lipinski definition) is 1. The summed E-state index contributed by atoms with van der Waals surface area (Å²) in [4.78, 5) is 22.4. The summed E-state index contributed by atoms with van der Waals surface area (Å²) in [6, 6.07) is 9.75. The fourth-order valence-electron chi connectivity index (χ4n) is 2.50. The van der Waals surface area contributed by atoms with Gasteiger partial charge >= 0.3 is 0 Å². The van der Waals surface area contributed by atoms with E-state index < -0.39 is 4.92 Å². The van der Waals surface area contributed by atoms with E-state index in [0.29, 0.717) is 10.8 Å². The first-order valence-corrected chi connectivity index (χ1v) is 9.44. The summed E-state index contributed by atoms with van der Waals surface area (Å²) in [5, 5.41) is 25.6. The Hall–Kier alpha value is -2.98. The topological polar surface area (TPSA) is 116 Å². The lowest BCUT2D eigenvalue weighted by molar-refractivity contribution is -0.384. The molecule has 11 heteroatoms. The van der Waals surface area contributed by atoms with Crippen LogP contribution in [0.3, 0.4) is 0 Å². The summed E-state index contributed by atoms with van der Waals surface area (Å²) in [6.07, 6.45) is 0. The number of carbonyl (C=O) groups is 1. The Balaban J connectivity index is 1.68. The Bertz CT molecular complexity index is 1060. The standard InChI is InChI=1S/C17H15ClN6O3S/c1-10-3-6-15(11(2)7-10)23-17(20-21-22-23)28-9-16(25)19-14-5-4-12(24(26)27)8-13(14)18/h3-8H,9H2,1-2H3,(H,19,25). The normalized spacial score (nSPS) is 10.7. The van der Waals surface area contributed by atoms with Crippen molar-refractivity contribution in [3.8, 4) is 5.69 Å². The zero-order valence-corrected chi connectivity index (χ0v) is 16.5. The van der Waals surface area contributed by atoms with Crippen LogP contribution in [0.5, 0.6) is 0 Å². The molecule has 3 rings (SSSR count). The molecule has 0 aliphatic heterocycles. The third kappa shape index (κ3) is 4.46. The fourth-order valence-corrected chi connectivity index (χ4v) is 3.40. The summed E-state index contributed by atoms with van der Waals surface area (Å²) in [5.41, 5.74) is 3.12. The van der Waals surface area contributed by atoms with Crippen molar-refractivity contribution in [1.29, 1.82) is 0 Å². The van der Waals surface area contributed by atoms with Gasteiger partial charge in [-0.2, -0.15) is 4.68 Å². The first-order chi connectivity index (χ1) is 13.3. The summed E-state index contributed by atoms with van der Waals surface area (Å²) in [7, 11) is 0. The number of non-ortho nitro benzene ring substituents is 1. The number of aromatic nitrogens is 4. The molecule has 9 nitrogen and oxygen atoms in total. The highest BCUT2D eigenvalue weighted by atomic mass is 35.5. The van der Waals surface area contributed by atoms with Crippen LogP contribution in [0.15, 0.2) is 41.6 Å². The summed E-state index contributed by atoms with van der Waals surface area (Å²) < 4.78 is 1.57. The number of amides is 1. The van der Waals surface area contributed by atoms with Gasteiger partial charge in [0.05, 0.1) is 27.1 Å². The molecule has 1 amide bonds. The summed E-state index contributed by atoms with van der Waals surface area (Å²) in [6.45, 7) is 3.96. The maximum atomic E-state index is 12.2. The molecule has 0 spiro atoms. The third-order valence-corrected chi connectivity index (χ3v) is 5.02. The molecule has 28 heavy (non-hydrogen) atoms. The smallest absolute Gasteiger partial charge is 0.271 e. The lowest BCUT2D eigenvalue weighted by Crippen LogP contribution is -2.15. The minimum absolute atomic E-state index is 0.0403.